The summed E-state index contributed by atoms with van der Waals surface area (Å²) in [6.07, 6.45) is -0.271. The summed E-state index contributed by atoms with van der Waals surface area (Å²) in [7, 11) is 0. The van der Waals surface area contributed by atoms with Crippen molar-refractivity contribution in [2.24, 2.45) is 0 Å². The monoisotopic (exact) mass is 315 g/mol. The minimum Gasteiger partial charge on any atom is -0.478 e. The Morgan fingerprint density at radius 3 is 2.43 bits per heavy atom. The number of nitro benzene ring substituents is 1. The number of carboxylic acid groups (broad SMARTS) is 1. The number of hydrogen-bond donors (Lipinski definition) is 1. The SMILES string of the molecule is O=C(Cc1ccc([N+](=O)[O-])cc1C(=O)O)OCc1ccccc1. The Kier molecular flexibility index (Phi) is 5.03. The fraction of sp³-hybridized carbons (Fsp3) is 0.125. The maximum absolute atomic E-state index is 11.8. The quantitative estimate of drug-likeness (QED) is 0.499. The molecule has 0 bridgehead atoms. The smallest absolute Gasteiger partial charge is 0.336 e. The molecule has 0 aromatic heterocycles. The molecule has 118 valence electrons. The van der Waals surface area contributed by atoms with Gasteiger partial charge in [-0.15, -0.1) is 0 Å². The van der Waals surface area contributed by atoms with Crippen LogP contribution in [0.1, 0.15) is 21.5 Å². The number of benzene rings is 2. The van der Waals surface area contributed by atoms with Gasteiger partial charge in [0.2, 0.25) is 0 Å². The highest BCUT2D eigenvalue weighted by Crippen LogP contribution is 2.19. The first-order valence-corrected chi connectivity index (χ1v) is 6.67. The molecule has 0 heterocycles. The lowest BCUT2D eigenvalue weighted by Crippen LogP contribution is -2.12. The lowest BCUT2D eigenvalue weighted by atomic mass is 10.0. The van der Waals surface area contributed by atoms with Gasteiger partial charge in [0.05, 0.1) is 16.9 Å². The second-order valence-corrected chi connectivity index (χ2v) is 4.73. The van der Waals surface area contributed by atoms with Crippen LogP contribution in [0.4, 0.5) is 5.69 Å². The van der Waals surface area contributed by atoms with Crippen LogP contribution in [0, 0.1) is 10.1 Å². The van der Waals surface area contributed by atoms with E-state index in [0.717, 1.165) is 17.7 Å². The number of esters is 1. The van der Waals surface area contributed by atoms with Crippen LogP contribution in [-0.4, -0.2) is 22.0 Å². The second kappa shape index (κ2) is 7.17. The highest BCUT2D eigenvalue weighted by atomic mass is 16.6. The molecule has 0 saturated heterocycles. The zero-order valence-electron chi connectivity index (χ0n) is 12.0. The highest BCUT2D eigenvalue weighted by Gasteiger charge is 2.18. The van der Waals surface area contributed by atoms with Crippen LogP contribution in [-0.2, 0) is 22.6 Å². The number of non-ortho nitro benzene ring substituents is 1. The van der Waals surface area contributed by atoms with Gasteiger partial charge in [0.15, 0.2) is 0 Å². The van der Waals surface area contributed by atoms with Crippen molar-refractivity contribution in [3.05, 3.63) is 75.3 Å². The molecule has 0 aliphatic carbocycles. The third-order valence-corrected chi connectivity index (χ3v) is 3.11. The van der Waals surface area contributed by atoms with Crippen molar-refractivity contribution in [3.63, 3.8) is 0 Å². The largest absolute Gasteiger partial charge is 0.478 e. The molecule has 0 unspecified atom stereocenters. The van der Waals surface area contributed by atoms with Crippen LogP contribution in [0.3, 0.4) is 0 Å². The van der Waals surface area contributed by atoms with Crippen molar-refractivity contribution in [2.45, 2.75) is 13.0 Å². The number of carbonyl (C=O) groups excluding carboxylic acids is 1. The first kappa shape index (κ1) is 16.2. The number of aromatic carboxylic acids is 1. The third-order valence-electron chi connectivity index (χ3n) is 3.11. The number of nitro groups is 1. The van der Waals surface area contributed by atoms with Gasteiger partial charge in [0.1, 0.15) is 6.61 Å². The van der Waals surface area contributed by atoms with Crippen LogP contribution in [0.5, 0.6) is 0 Å². The van der Waals surface area contributed by atoms with Gasteiger partial charge in [-0.1, -0.05) is 36.4 Å². The Bertz CT molecular complexity index is 741. The summed E-state index contributed by atoms with van der Waals surface area (Å²) < 4.78 is 5.08. The fourth-order valence-corrected chi connectivity index (χ4v) is 1.98. The van der Waals surface area contributed by atoms with Gasteiger partial charge in [-0.2, -0.15) is 0 Å². The van der Waals surface area contributed by atoms with E-state index in [1.54, 1.807) is 12.1 Å². The fourth-order valence-electron chi connectivity index (χ4n) is 1.98. The number of carbonyl (C=O) groups is 2. The van der Waals surface area contributed by atoms with E-state index in [2.05, 4.69) is 0 Å². The summed E-state index contributed by atoms with van der Waals surface area (Å²) in [6.45, 7) is 0.0784. The van der Waals surface area contributed by atoms with E-state index in [0.29, 0.717) is 0 Å². The topological polar surface area (TPSA) is 107 Å². The molecule has 0 atom stereocenters. The summed E-state index contributed by atoms with van der Waals surface area (Å²) in [5.74, 6) is -1.94. The molecule has 0 fully saturated rings. The number of rotatable bonds is 6. The number of hydrogen-bond acceptors (Lipinski definition) is 5. The molecule has 2 rings (SSSR count). The standard InChI is InChI=1S/C16H13NO6/c18-15(23-10-11-4-2-1-3-5-11)8-12-6-7-13(17(21)22)9-14(12)16(19)20/h1-7,9H,8,10H2,(H,19,20). The van der Waals surface area contributed by atoms with Crippen molar-refractivity contribution in [1.82, 2.24) is 0 Å². The van der Waals surface area contributed by atoms with E-state index in [9.17, 15) is 19.7 Å². The van der Waals surface area contributed by atoms with Gasteiger partial charge >= 0.3 is 11.9 Å². The minimum absolute atomic E-state index is 0.0784. The van der Waals surface area contributed by atoms with E-state index < -0.39 is 16.9 Å². The van der Waals surface area contributed by atoms with Crippen LogP contribution >= 0.6 is 0 Å². The summed E-state index contributed by atoms with van der Waals surface area (Å²) in [4.78, 5) is 33.0. The molecule has 0 saturated carbocycles. The van der Waals surface area contributed by atoms with E-state index >= 15 is 0 Å². The number of carboxylic acids is 1. The van der Waals surface area contributed by atoms with Crippen molar-refractivity contribution < 1.29 is 24.4 Å². The van der Waals surface area contributed by atoms with Crippen molar-refractivity contribution in [3.8, 4) is 0 Å². The summed E-state index contributed by atoms with van der Waals surface area (Å²) >= 11 is 0. The molecule has 7 heteroatoms. The Labute approximate surface area is 131 Å². The Balaban J connectivity index is 2.08. The van der Waals surface area contributed by atoms with Gasteiger partial charge in [-0.3, -0.25) is 14.9 Å². The average molecular weight is 315 g/mol. The molecule has 1 N–H and O–H groups in total. The Morgan fingerprint density at radius 1 is 1.13 bits per heavy atom. The molecule has 0 amide bonds. The van der Waals surface area contributed by atoms with Crippen LogP contribution in [0.2, 0.25) is 0 Å². The average Bonchev–Trinajstić information content (AvgIpc) is 2.54. The lowest BCUT2D eigenvalue weighted by Gasteiger charge is -2.07. The zero-order valence-corrected chi connectivity index (χ0v) is 12.0. The Morgan fingerprint density at radius 2 is 1.83 bits per heavy atom. The summed E-state index contributed by atoms with van der Waals surface area (Å²) in [5.41, 5.74) is 0.351. The predicted molar refractivity (Wildman–Crippen MR) is 80.0 cm³/mol. The number of ether oxygens (including phenoxy) is 1. The van der Waals surface area contributed by atoms with E-state index in [4.69, 9.17) is 9.84 Å². The van der Waals surface area contributed by atoms with Gasteiger partial charge in [0, 0.05) is 12.1 Å². The minimum atomic E-state index is -1.33. The molecule has 7 nitrogen and oxygen atoms in total. The van der Waals surface area contributed by atoms with E-state index in [-0.39, 0.29) is 29.8 Å². The second-order valence-electron chi connectivity index (χ2n) is 4.73. The molecule has 2 aromatic carbocycles. The lowest BCUT2D eigenvalue weighted by molar-refractivity contribution is -0.384. The van der Waals surface area contributed by atoms with E-state index in [1.807, 2.05) is 18.2 Å². The maximum atomic E-state index is 11.8. The third kappa shape index (κ3) is 4.37. The molecule has 0 aliphatic rings. The Hall–Kier alpha value is -3.22. The van der Waals surface area contributed by atoms with Gasteiger partial charge in [0.25, 0.3) is 5.69 Å². The van der Waals surface area contributed by atoms with Gasteiger partial charge < -0.3 is 9.84 Å². The van der Waals surface area contributed by atoms with Crippen molar-refractivity contribution in [1.29, 1.82) is 0 Å². The van der Waals surface area contributed by atoms with Crippen LogP contribution in [0.25, 0.3) is 0 Å². The van der Waals surface area contributed by atoms with Crippen molar-refractivity contribution in [2.75, 3.05) is 0 Å². The summed E-state index contributed by atoms with van der Waals surface area (Å²) in [6, 6.07) is 12.4. The molecule has 0 radical (unpaired) electrons. The molecule has 0 spiro atoms. The maximum Gasteiger partial charge on any atom is 0.336 e. The highest BCUT2D eigenvalue weighted by molar-refractivity contribution is 5.91. The van der Waals surface area contributed by atoms with Crippen LogP contribution < -0.4 is 0 Å². The first-order chi connectivity index (χ1) is 11.0. The first-order valence-electron chi connectivity index (χ1n) is 6.67. The molecule has 23 heavy (non-hydrogen) atoms. The molecule has 2 aromatic rings. The molecular formula is C16H13NO6. The van der Waals surface area contributed by atoms with Crippen molar-refractivity contribution >= 4 is 17.6 Å². The molecule has 0 aliphatic heterocycles. The van der Waals surface area contributed by atoms with E-state index in [1.165, 1.54) is 6.07 Å². The van der Waals surface area contributed by atoms with Crippen LogP contribution in [0.15, 0.2) is 48.5 Å². The summed E-state index contributed by atoms with van der Waals surface area (Å²) in [5, 5.41) is 19.8. The zero-order chi connectivity index (χ0) is 16.8. The normalized spacial score (nSPS) is 10.1. The van der Waals surface area contributed by atoms with Gasteiger partial charge in [-0.25, -0.2) is 4.79 Å². The van der Waals surface area contributed by atoms with Gasteiger partial charge in [-0.05, 0) is 11.1 Å². The number of nitrogens with zero attached hydrogens (tertiary/aromatic N) is 1. The molecular weight excluding hydrogens is 302 g/mol. The predicted octanol–water partition coefficient (Wildman–Crippen LogP) is 2.58.